The lowest BCUT2D eigenvalue weighted by Crippen LogP contribution is -2.22. The van der Waals surface area contributed by atoms with E-state index in [1.54, 1.807) is 0 Å². The van der Waals surface area contributed by atoms with Crippen LogP contribution in [0.3, 0.4) is 0 Å². The molecule has 18 heavy (non-hydrogen) atoms. The molecule has 0 heterocycles. The zero-order valence-corrected chi connectivity index (χ0v) is 11.7. The van der Waals surface area contributed by atoms with Gasteiger partial charge in [-0.2, -0.15) is 0 Å². The van der Waals surface area contributed by atoms with Crippen molar-refractivity contribution in [1.82, 2.24) is 10.6 Å². The maximum absolute atomic E-state index is 3.62. The standard InChI is InChI=1S/C16H26N2/c1-13(14-7-8-14)11-18-12-16-6-4-3-5-15(16)9-10-17-2/h3-6,13-14,17-18H,7-12H2,1-2H3. The van der Waals surface area contributed by atoms with Crippen molar-refractivity contribution in [3.05, 3.63) is 35.4 Å². The van der Waals surface area contributed by atoms with Gasteiger partial charge >= 0.3 is 0 Å². The van der Waals surface area contributed by atoms with Crippen LogP contribution in [0, 0.1) is 11.8 Å². The molecular weight excluding hydrogens is 220 g/mol. The zero-order chi connectivity index (χ0) is 12.8. The van der Waals surface area contributed by atoms with Crippen molar-refractivity contribution in [3.63, 3.8) is 0 Å². The molecule has 2 heteroatoms. The van der Waals surface area contributed by atoms with E-state index in [0.29, 0.717) is 0 Å². The third-order valence-corrected chi connectivity index (χ3v) is 3.97. The van der Waals surface area contributed by atoms with Crippen molar-refractivity contribution in [2.24, 2.45) is 11.8 Å². The molecule has 0 radical (unpaired) electrons. The molecule has 0 aromatic heterocycles. The van der Waals surface area contributed by atoms with Crippen molar-refractivity contribution < 1.29 is 0 Å². The number of nitrogens with one attached hydrogen (secondary N) is 2. The van der Waals surface area contributed by atoms with Crippen molar-refractivity contribution in [1.29, 1.82) is 0 Å². The lowest BCUT2D eigenvalue weighted by Gasteiger charge is -2.13. The molecule has 0 saturated heterocycles. The Morgan fingerprint density at radius 2 is 1.94 bits per heavy atom. The third kappa shape index (κ3) is 4.11. The molecule has 1 aliphatic rings. The van der Waals surface area contributed by atoms with Crippen LogP contribution in [0.15, 0.2) is 24.3 Å². The van der Waals surface area contributed by atoms with Gasteiger partial charge in [0.2, 0.25) is 0 Å². The van der Waals surface area contributed by atoms with Gasteiger partial charge in [-0.05, 0) is 62.4 Å². The molecule has 2 N–H and O–H groups in total. The normalized spacial score (nSPS) is 16.8. The van der Waals surface area contributed by atoms with Gasteiger partial charge in [-0.1, -0.05) is 31.2 Å². The van der Waals surface area contributed by atoms with Crippen LogP contribution in [0.4, 0.5) is 0 Å². The van der Waals surface area contributed by atoms with E-state index in [9.17, 15) is 0 Å². The SMILES string of the molecule is CNCCc1ccccc1CNCC(C)C1CC1. The monoisotopic (exact) mass is 246 g/mol. The van der Waals surface area contributed by atoms with Crippen LogP contribution in [0.25, 0.3) is 0 Å². The number of hydrogen-bond donors (Lipinski definition) is 2. The number of hydrogen-bond acceptors (Lipinski definition) is 2. The summed E-state index contributed by atoms with van der Waals surface area (Å²) in [5.74, 6) is 1.84. The van der Waals surface area contributed by atoms with E-state index in [1.807, 2.05) is 7.05 Å². The van der Waals surface area contributed by atoms with E-state index in [0.717, 1.165) is 37.9 Å². The highest BCUT2D eigenvalue weighted by molar-refractivity contribution is 5.27. The van der Waals surface area contributed by atoms with E-state index >= 15 is 0 Å². The minimum Gasteiger partial charge on any atom is -0.319 e. The Morgan fingerprint density at radius 3 is 2.61 bits per heavy atom. The molecule has 0 amide bonds. The second-order valence-corrected chi connectivity index (χ2v) is 5.57. The van der Waals surface area contributed by atoms with E-state index < -0.39 is 0 Å². The molecule has 1 unspecified atom stereocenters. The van der Waals surface area contributed by atoms with Crippen molar-refractivity contribution in [2.45, 2.75) is 32.7 Å². The van der Waals surface area contributed by atoms with Crippen LogP contribution >= 0.6 is 0 Å². The van der Waals surface area contributed by atoms with Gasteiger partial charge in [-0.15, -0.1) is 0 Å². The second kappa shape index (κ2) is 6.91. The summed E-state index contributed by atoms with van der Waals surface area (Å²) < 4.78 is 0. The van der Waals surface area contributed by atoms with Crippen LogP contribution < -0.4 is 10.6 Å². The lowest BCUT2D eigenvalue weighted by molar-refractivity contribution is 0.461. The average molecular weight is 246 g/mol. The third-order valence-electron chi connectivity index (χ3n) is 3.97. The summed E-state index contributed by atoms with van der Waals surface area (Å²) in [6.07, 6.45) is 4.01. The number of rotatable bonds is 8. The maximum atomic E-state index is 3.62. The largest absolute Gasteiger partial charge is 0.319 e. The molecule has 0 bridgehead atoms. The topological polar surface area (TPSA) is 24.1 Å². The summed E-state index contributed by atoms with van der Waals surface area (Å²) >= 11 is 0. The fraction of sp³-hybridized carbons (Fsp3) is 0.625. The molecule has 1 aromatic carbocycles. The average Bonchev–Trinajstić information content (AvgIpc) is 3.22. The fourth-order valence-corrected chi connectivity index (χ4v) is 2.50. The second-order valence-electron chi connectivity index (χ2n) is 5.57. The van der Waals surface area contributed by atoms with Crippen molar-refractivity contribution in [2.75, 3.05) is 20.1 Å². The molecular formula is C16H26N2. The van der Waals surface area contributed by atoms with Gasteiger partial charge in [0.15, 0.2) is 0 Å². The van der Waals surface area contributed by atoms with Crippen LogP contribution in [0.5, 0.6) is 0 Å². The fourth-order valence-electron chi connectivity index (χ4n) is 2.50. The summed E-state index contributed by atoms with van der Waals surface area (Å²) in [7, 11) is 2.01. The van der Waals surface area contributed by atoms with E-state index in [4.69, 9.17) is 0 Å². The number of likely N-dealkylation sites (N-methyl/N-ethyl adjacent to an activating group) is 1. The molecule has 1 fully saturated rings. The van der Waals surface area contributed by atoms with E-state index in [2.05, 4.69) is 41.8 Å². The molecule has 1 aliphatic carbocycles. The smallest absolute Gasteiger partial charge is 0.0208 e. The van der Waals surface area contributed by atoms with Crippen LogP contribution in [0.2, 0.25) is 0 Å². The zero-order valence-electron chi connectivity index (χ0n) is 11.7. The first-order chi connectivity index (χ1) is 8.81. The van der Waals surface area contributed by atoms with Crippen LogP contribution in [-0.2, 0) is 13.0 Å². The molecule has 2 nitrogen and oxygen atoms in total. The van der Waals surface area contributed by atoms with Gasteiger partial charge < -0.3 is 10.6 Å². The molecule has 100 valence electrons. The van der Waals surface area contributed by atoms with Gasteiger partial charge in [0, 0.05) is 6.54 Å². The molecule has 1 aromatic rings. The van der Waals surface area contributed by atoms with Gasteiger partial charge in [0.05, 0.1) is 0 Å². The van der Waals surface area contributed by atoms with E-state index in [1.165, 1.54) is 24.0 Å². The first-order valence-corrected chi connectivity index (χ1v) is 7.23. The Balaban J connectivity index is 1.79. The molecule has 1 atom stereocenters. The highest BCUT2D eigenvalue weighted by Gasteiger charge is 2.27. The summed E-state index contributed by atoms with van der Waals surface area (Å²) in [6.45, 7) is 5.59. The first-order valence-electron chi connectivity index (χ1n) is 7.23. The van der Waals surface area contributed by atoms with Gasteiger partial charge in [0.1, 0.15) is 0 Å². The number of benzene rings is 1. The highest BCUT2D eigenvalue weighted by Crippen LogP contribution is 2.36. The molecule has 0 aliphatic heterocycles. The molecule has 0 spiro atoms. The Bertz CT molecular complexity index is 358. The Hall–Kier alpha value is -0.860. The van der Waals surface area contributed by atoms with Crippen LogP contribution in [-0.4, -0.2) is 20.1 Å². The first kappa shape index (κ1) is 13.6. The summed E-state index contributed by atoms with van der Waals surface area (Å²) in [5, 5.41) is 6.84. The quantitative estimate of drug-likeness (QED) is 0.737. The van der Waals surface area contributed by atoms with Crippen molar-refractivity contribution in [3.8, 4) is 0 Å². The summed E-state index contributed by atoms with van der Waals surface area (Å²) in [6, 6.07) is 8.78. The predicted octanol–water partition coefficient (Wildman–Crippen LogP) is 2.58. The van der Waals surface area contributed by atoms with Gasteiger partial charge in [-0.25, -0.2) is 0 Å². The van der Waals surface area contributed by atoms with Gasteiger partial charge in [-0.3, -0.25) is 0 Å². The predicted molar refractivity (Wildman–Crippen MR) is 77.7 cm³/mol. The van der Waals surface area contributed by atoms with E-state index in [-0.39, 0.29) is 0 Å². The Labute approximate surface area is 111 Å². The maximum Gasteiger partial charge on any atom is 0.0208 e. The summed E-state index contributed by atoms with van der Waals surface area (Å²) in [5.41, 5.74) is 2.93. The highest BCUT2D eigenvalue weighted by atomic mass is 14.9. The summed E-state index contributed by atoms with van der Waals surface area (Å²) in [4.78, 5) is 0. The van der Waals surface area contributed by atoms with Gasteiger partial charge in [0.25, 0.3) is 0 Å². The minimum atomic E-state index is 0.842. The molecule has 1 saturated carbocycles. The minimum absolute atomic E-state index is 0.842. The Kier molecular flexibility index (Phi) is 5.21. The lowest BCUT2D eigenvalue weighted by atomic mass is 10.0. The Morgan fingerprint density at radius 1 is 1.22 bits per heavy atom. The van der Waals surface area contributed by atoms with Crippen molar-refractivity contribution >= 4 is 0 Å². The van der Waals surface area contributed by atoms with Crippen LogP contribution in [0.1, 0.15) is 30.9 Å². The molecule has 2 rings (SSSR count).